The van der Waals surface area contributed by atoms with Gasteiger partial charge in [0.25, 0.3) is 0 Å². The number of thioether (sulfide) groups is 1. The Morgan fingerprint density at radius 2 is 2.04 bits per heavy atom. The molecule has 1 atom stereocenters. The fraction of sp³-hybridized carbons (Fsp3) is 0.250. The van der Waals surface area contributed by atoms with Crippen molar-refractivity contribution >= 4 is 23.4 Å². The predicted molar refractivity (Wildman–Crippen MR) is 107 cm³/mol. The van der Waals surface area contributed by atoms with Gasteiger partial charge in [-0.3, -0.25) is 14.6 Å². The maximum atomic E-state index is 13.0. The van der Waals surface area contributed by atoms with Gasteiger partial charge in [0.15, 0.2) is 0 Å². The summed E-state index contributed by atoms with van der Waals surface area (Å²) >= 11 is 1.34. The average molecular weight is 394 g/mol. The van der Waals surface area contributed by atoms with Gasteiger partial charge >= 0.3 is 17.4 Å². The molecule has 3 heterocycles. The van der Waals surface area contributed by atoms with Crippen molar-refractivity contribution in [1.82, 2.24) is 15.1 Å². The van der Waals surface area contributed by atoms with E-state index < -0.39 is 6.17 Å². The first-order chi connectivity index (χ1) is 13.5. The van der Waals surface area contributed by atoms with Crippen molar-refractivity contribution in [2.45, 2.75) is 31.6 Å². The van der Waals surface area contributed by atoms with E-state index in [0.717, 1.165) is 5.69 Å². The van der Waals surface area contributed by atoms with E-state index in [2.05, 4.69) is 15.1 Å². The minimum atomic E-state index is -0.634. The summed E-state index contributed by atoms with van der Waals surface area (Å²) in [6, 6.07) is 13.1. The number of fused-ring (bicyclic) bond motifs is 3. The van der Waals surface area contributed by atoms with Gasteiger partial charge in [-0.05, 0) is 42.1 Å². The van der Waals surface area contributed by atoms with E-state index in [0.29, 0.717) is 34.2 Å². The summed E-state index contributed by atoms with van der Waals surface area (Å²) in [5.74, 6) is -0.0633. The van der Waals surface area contributed by atoms with Crippen molar-refractivity contribution in [3.63, 3.8) is 0 Å². The number of benzene rings is 1. The van der Waals surface area contributed by atoms with Crippen LogP contribution in [0.5, 0.6) is 0 Å². The number of hydrogen-bond donors (Lipinski definition) is 1. The highest BCUT2D eigenvalue weighted by Gasteiger charge is 2.46. The number of aromatic nitrogens is 4. The number of aromatic amines is 1. The molecule has 0 bridgehead atoms. The van der Waals surface area contributed by atoms with Gasteiger partial charge in [-0.1, -0.05) is 36.9 Å². The first kappa shape index (κ1) is 18.4. The van der Waals surface area contributed by atoms with Crippen molar-refractivity contribution in [3.05, 3.63) is 64.2 Å². The van der Waals surface area contributed by atoms with E-state index >= 15 is 0 Å². The molecule has 0 saturated heterocycles. The minimum absolute atomic E-state index is 0.0633. The lowest BCUT2D eigenvalue weighted by Gasteiger charge is -2.31. The first-order valence-corrected chi connectivity index (χ1v) is 10.2. The third kappa shape index (κ3) is 2.90. The number of anilines is 1. The summed E-state index contributed by atoms with van der Waals surface area (Å²) in [6.07, 6.45) is 1.53. The Bertz CT molecular complexity index is 1130. The third-order valence-corrected chi connectivity index (χ3v) is 5.27. The molecule has 1 aliphatic heterocycles. The van der Waals surface area contributed by atoms with Gasteiger partial charge in [0.05, 0.1) is 11.3 Å². The van der Waals surface area contributed by atoms with E-state index in [9.17, 15) is 9.59 Å². The number of rotatable bonds is 3. The van der Waals surface area contributed by atoms with E-state index in [1.54, 1.807) is 9.58 Å². The molecule has 8 heteroatoms. The summed E-state index contributed by atoms with van der Waals surface area (Å²) in [7, 11) is 0. The molecule has 0 radical (unpaired) electrons. The van der Waals surface area contributed by atoms with E-state index in [1.807, 2.05) is 62.6 Å². The molecule has 3 aromatic rings. The van der Waals surface area contributed by atoms with Gasteiger partial charge in [-0.2, -0.15) is 0 Å². The van der Waals surface area contributed by atoms with Crippen LogP contribution in [0.2, 0.25) is 0 Å². The third-order valence-electron chi connectivity index (χ3n) is 4.70. The Hall–Kier alpha value is -3.00. The van der Waals surface area contributed by atoms with E-state index in [4.69, 9.17) is 0 Å². The van der Waals surface area contributed by atoms with Crippen molar-refractivity contribution in [2.75, 3.05) is 11.2 Å². The maximum absolute atomic E-state index is 13.0. The van der Waals surface area contributed by atoms with Crippen molar-refractivity contribution < 1.29 is 9.48 Å². The normalized spacial score (nSPS) is 15.1. The lowest BCUT2D eigenvalue weighted by Crippen LogP contribution is -2.61. The molecule has 1 aromatic carbocycles. The van der Waals surface area contributed by atoms with Crippen LogP contribution >= 0.6 is 11.8 Å². The average Bonchev–Trinajstić information content (AvgIpc) is 2.71. The predicted octanol–water partition coefficient (Wildman–Crippen LogP) is 2.45. The number of H-pyrrole nitrogens is 1. The van der Waals surface area contributed by atoms with Crippen LogP contribution < -0.4 is 15.1 Å². The van der Waals surface area contributed by atoms with Crippen LogP contribution in [0.15, 0.2) is 52.4 Å². The number of carbonyl (C=O) groups is 1. The molecule has 0 aliphatic carbocycles. The van der Waals surface area contributed by atoms with Crippen LogP contribution in [0, 0.1) is 6.92 Å². The van der Waals surface area contributed by atoms with Crippen LogP contribution in [0.4, 0.5) is 5.69 Å². The molecular formula is C20H20N5O2S+. The lowest BCUT2D eigenvalue weighted by atomic mass is 10.0. The second-order valence-electron chi connectivity index (χ2n) is 6.47. The number of pyridine rings is 1. The highest BCUT2D eigenvalue weighted by atomic mass is 32.2. The molecule has 1 amide bonds. The molecule has 0 saturated carbocycles. The van der Waals surface area contributed by atoms with Gasteiger partial charge in [-0.25, -0.2) is 9.88 Å². The molecular weight excluding hydrogens is 374 g/mol. The number of carbonyl (C=O) groups excluding carboxylic acids is 1. The molecule has 0 fully saturated rings. The molecule has 1 unspecified atom stereocenters. The van der Waals surface area contributed by atoms with Crippen molar-refractivity contribution in [1.29, 1.82) is 0 Å². The molecule has 1 N–H and O–H groups in total. The summed E-state index contributed by atoms with van der Waals surface area (Å²) in [4.78, 5) is 35.1. The molecule has 4 rings (SSSR count). The highest BCUT2D eigenvalue weighted by Crippen LogP contribution is 2.37. The Morgan fingerprint density at radius 3 is 2.75 bits per heavy atom. The van der Waals surface area contributed by atoms with Gasteiger partial charge in [0.1, 0.15) is 5.69 Å². The Balaban J connectivity index is 2.10. The zero-order chi connectivity index (χ0) is 19.8. The van der Waals surface area contributed by atoms with Gasteiger partial charge in [-0.15, -0.1) is 0 Å². The number of amides is 1. The Labute approximate surface area is 166 Å². The standard InChI is InChI=1S/C20H19N5O2S/c1-4-16(26)24-15-11-6-5-9-13(15)17-18(27)22-20(28-3)23-25(17)19(24)14-10-7-8-12(2)21-14/h5-11,19H,4H2,1-3H3/p+1. The molecule has 7 nitrogen and oxygen atoms in total. The van der Waals surface area contributed by atoms with E-state index in [1.165, 1.54) is 11.8 Å². The second-order valence-corrected chi connectivity index (χ2v) is 7.26. The van der Waals surface area contributed by atoms with E-state index in [-0.39, 0.29) is 11.5 Å². The lowest BCUT2D eigenvalue weighted by molar-refractivity contribution is -0.763. The highest BCUT2D eigenvalue weighted by molar-refractivity contribution is 7.98. The molecule has 1 aliphatic rings. The van der Waals surface area contributed by atoms with Crippen LogP contribution in [0.1, 0.15) is 30.9 Å². The smallest absolute Gasteiger partial charge is 0.291 e. The van der Waals surface area contributed by atoms with Crippen LogP contribution in [0.25, 0.3) is 11.3 Å². The number of nitrogens with one attached hydrogen (secondary N) is 1. The van der Waals surface area contributed by atoms with Crippen LogP contribution in [-0.4, -0.2) is 27.2 Å². The van der Waals surface area contributed by atoms with Gasteiger partial charge < -0.3 is 0 Å². The SMILES string of the molecule is CCC(=O)N1c2ccccc2-c2c(=O)[nH]c(SC)n[n+]2C1c1cccc(C)n1. The summed E-state index contributed by atoms with van der Waals surface area (Å²) < 4.78 is 1.63. The topological polar surface area (TPSA) is 82.8 Å². The van der Waals surface area contributed by atoms with Gasteiger partial charge in [0, 0.05) is 17.2 Å². The molecule has 142 valence electrons. The Morgan fingerprint density at radius 1 is 1.25 bits per heavy atom. The van der Waals surface area contributed by atoms with Crippen LogP contribution in [-0.2, 0) is 4.79 Å². The molecule has 0 spiro atoms. The zero-order valence-electron chi connectivity index (χ0n) is 15.8. The summed E-state index contributed by atoms with van der Waals surface area (Å²) in [6.45, 7) is 3.72. The maximum Gasteiger partial charge on any atom is 0.325 e. The minimum Gasteiger partial charge on any atom is -0.291 e. The number of aryl methyl sites for hydroxylation is 1. The number of hydrogen-bond acceptors (Lipinski definition) is 5. The number of para-hydroxylation sites is 1. The molecule has 28 heavy (non-hydrogen) atoms. The quantitative estimate of drug-likeness (QED) is 0.545. The Kier molecular flexibility index (Phi) is 4.72. The summed E-state index contributed by atoms with van der Waals surface area (Å²) in [5, 5.41) is 5.12. The number of nitrogens with zero attached hydrogens (tertiary/aromatic N) is 4. The fourth-order valence-corrected chi connectivity index (χ4v) is 3.84. The second kappa shape index (κ2) is 7.20. The fourth-order valence-electron chi connectivity index (χ4n) is 3.48. The zero-order valence-corrected chi connectivity index (χ0v) is 16.7. The summed E-state index contributed by atoms with van der Waals surface area (Å²) in [5.41, 5.74) is 3.03. The van der Waals surface area contributed by atoms with Gasteiger partial charge in [0.2, 0.25) is 11.1 Å². The van der Waals surface area contributed by atoms with Crippen molar-refractivity contribution in [2.24, 2.45) is 0 Å². The largest absolute Gasteiger partial charge is 0.325 e. The monoisotopic (exact) mass is 394 g/mol. The first-order valence-electron chi connectivity index (χ1n) is 9.00. The molecule has 2 aromatic heterocycles. The van der Waals surface area contributed by atoms with Crippen LogP contribution in [0.3, 0.4) is 0 Å². The van der Waals surface area contributed by atoms with Crippen molar-refractivity contribution in [3.8, 4) is 11.3 Å².